The molecule has 5 heteroatoms. The Kier molecular flexibility index (Phi) is 4.39. The molecule has 20 heavy (non-hydrogen) atoms. The van der Waals surface area contributed by atoms with Gasteiger partial charge in [0.1, 0.15) is 0 Å². The summed E-state index contributed by atoms with van der Waals surface area (Å²) in [6, 6.07) is 7.00. The fourth-order valence-electron chi connectivity index (χ4n) is 1.88. The summed E-state index contributed by atoms with van der Waals surface area (Å²) in [5.41, 5.74) is 6.80. The summed E-state index contributed by atoms with van der Waals surface area (Å²) in [6.45, 7) is 2.32. The van der Waals surface area contributed by atoms with Gasteiger partial charge in [0.25, 0.3) is 5.91 Å². The van der Waals surface area contributed by atoms with Crippen LogP contribution in [0.2, 0.25) is 0 Å². The monoisotopic (exact) mass is 275 g/mol. The van der Waals surface area contributed by atoms with Crippen LogP contribution in [0, 0.1) is 5.92 Å². The molecule has 1 aliphatic rings. The number of benzene rings is 1. The largest absolute Gasteiger partial charge is 0.338 e. The fraction of sp³-hybridized carbons (Fsp3) is 0.467. The van der Waals surface area contributed by atoms with Gasteiger partial charge in [-0.05, 0) is 38.0 Å². The van der Waals surface area contributed by atoms with E-state index in [-0.39, 0.29) is 23.8 Å². The second-order valence-electron chi connectivity index (χ2n) is 5.35. The summed E-state index contributed by atoms with van der Waals surface area (Å²) in [7, 11) is 1.73. The van der Waals surface area contributed by atoms with E-state index in [1.807, 2.05) is 6.92 Å². The van der Waals surface area contributed by atoms with Gasteiger partial charge in [-0.1, -0.05) is 6.07 Å². The highest BCUT2D eigenvalue weighted by Crippen LogP contribution is 2.30. The van der Waals surface area contributed by atoms with Crippen LogP contribution in [0.5, 0.6) is 0 Å². The number of nitrogens with zero attached hydrogens (tertiary/aromatic N) is 1. The van der Waals surface area contributed by atoms with Crippen molar-refractivity contribution in [2.24, 2.45) is 11.7 Å². The molecule has 1 fully saturated rings. The van der Waals surface area contributed by atoms with Crippen molar-refractivity contribution in [3.05, 3.63) is 29.8 Å². The Balaban J connectivity index is 2.08. The van der Waals surface area contributed by atoms with E-state index in [4.69, 9.17) is 5.73 Å². The van der Waals surface area contributed by atoms with E-state index in [0.717, 1.165) is 12.8 Å². The number of hydrogen-bond donors (Lipinski definition) is 2. The fourth-order valence-corrected chi connectivity index (χ4v) is 1.88. The number of nitrogens with two attached hydrogens (primary N) is 1. The van der Waals surface area contributed by atoms with Crippen molar-refractivity contribution in [1.82, 2.24) is 4.90 Å². The highest BCUT2D eigenvalue weighted by molar-refractivity contribution is 5.98. The zero-order valence-corrected chi connectivity index (χ0v) is 11.9. The summed E-state index contributed by atoms with van der Waals surface area (Å²) in [5, 5.41) is 2.85. The molecule has 3 N–H and O–H groups in total. The number of anilines is 1. The number of nitrogens with one attached hydrogen (secondary N) is 1. The molecule has 2 amide bonds. The topological polar surface area (TPSA) is 75.4 Å². The number of likely N-dealkylation sites (N-methyl/N-ethyl adjacent to an activating group) is 1. The second-order valence-corrected chi connectivity index (χ2v) is 5.35. The van der Waals surface area contributed by atoms with E-state index in [1.165, 1.54) is 0 Å². The molecule has 1 unspecified atom stereocenters. The molecule has 108 valence electrons. The lowest BCUT2D eigenvalue weighted by molar-refractivity contribution is -0.117. The van der Waals surface area contributed by atoms with Crippen molar-refractivity contribution in [1.29, 1.82) is 0 Å². The molecule has 2 rings (SSSR count). The summed E-state index contributed by atoms with van der Waals surface area (Å²) in [6.07, 6.45) is 1.92. The molecule has 1 saturated carbocycles. The van der Waals surface area contributed by atoms with Crippen LogP contribution < -0.4 is 11.1 Å². The van der Waals surface area contributed by atoms with E-state index < -0.39 is 0 Å². The van der Waals surface area contributed by atoms with Crippen LogP contribution in [0.25, 0.3) is 0 Å². The van der Waals surface area contributed by atoms with Gasteiger partial charge in [0.2, 0.25) is 5.91 Å². The van der Waals surface area contributed by atoms with Crippen LogP contribution in [-0.2, 0) is 4.79 Å². The van der Waals surface area contributed by atoms with E-state index in [1.54, 1.807) is 36.2 Å². The third-order valence-electron chi connectivity index (χ3n) is 3.65. The highest BCUT2D eigenvalue weighted by atomic mass is 16.2. The van der Waals surface area contributed by atoms with Crippen molar-refractivity contribution in [2.75, 3.05) is 18.9 Å². The van der Waals surface area contributed by atoms with Gasteiger partial charge in [-0.15, -0.1) is 0 Å². The van der Waals surface area contributed by atoms with Gasteiger partial charge in [0.15, 0.2) is 0 Å². The molecule has 0 aromatic heterocycles. The Morgan fingerprint density at radius 3 is 2.75 bits per heavy atom. The molecule has 5 nitrogen and oxygen atoms in total. The highest BCUT2D eigenvalue weighted by Gasteiger charge is 2.29. The molecule has 1 aliphatic carbocycles. The Labute approximate surface area is 119 Å². The van der Waals surface area contributed by atoms with Crippen molar-refractivity contribution < 1.29 is 9.59 Å². The maximum atomic E-state index is 12.3. The first-order valence-corrected chi connectivity index (χ1v) is 6.91. The first-order chi connectivity index (χ1) is 9.52. The number of rotatable bonds is 5. The van der Waals surface area contributed by atoms with Crippen LogP contribution >= 0.6 is 0 Å². The van der Waals surface area contributed by atoms with Crippen LogP contribution in [0.4, 0.5) is 5.69 Å². The smallest absolute Gasteiger partial charge is 0.253 e. The zero-order chi connectivity index (χ0) is 14.7. The van der Waals surface area contributed by atoms with Gasteiger partial charge < -0.3 is 16.0 Å². The van der Waals surface area contributed by atoms with Crippen LogP contribution in [0.1, 0.15) is 30.1 Å². The van der Waals surface area contributed by atoms with Crippen LogP contribution in [0.3, 0.4) is 0 Å². The lowest BCUT2D eigenvalue weighted by atomic mass is 10.1. The third kappa shape index (κ3) is 3.36. The lowest BCUT2D eigenvalue weighted by Crippen LogP contribution is -2.39. The van der Waals surface area contributed by atoms with Crippen molar-refractivity contribution in [2.45, 2.75) is 25.8 Å². The maximum Gasteiger partial charge on any atom is 0.253 e. The molecule has 0 spiro atoms. The summed E-state index contributed by atoms with van der Waals surface area (Å²) in [4.78, 5) is 25.6. The quantitative estimate of drug-likeness (QED) is 0.854. The normalized spacial score (nSPS) is 15.6. The second kappa shape index (κ2) is 6.05. The molecular formula is C15H21N3O2. The Bertz CT molecular complexity index is 512. The minimum Gasteiger partial charge on any atom is -0.338 e. The molecule has 0 radical (unpaired) electrons. The number of carbonyl (C=O) groups excluding carboxylic acids is 2. The molecule has 0 saturated heterocycles. The minimum absolute atomic E-state index is 0.0211. The number of amides is 2. The molecule has 0 bridgehead atoms. The summed E-state index contributed by atoms with van der Waals surface area (Å²) < 4.78 is 0. The van der Waals surface area contributed by atoms with Gasteiger partial charge in [0.05, 0.1) is 0 Å². The third-order valence-corrected chi connectivity index (χ3v) is 3.65. The van der Waals surface area contributed by atoms with Gasteiger partial charge in [-0.2, -0.15) is 0 Å². The Morgan fingerprint density at radius 1 is 1.45 bits per heavy atom. The first-order valence-electron chi connectivity index (χ1n) is 6.91. The van der Waals surface area contributed by atoms with Crippen molar-refractivity contribution in [3.63, 3.8) is 0 Å². The zero-order valence-electron chi connectivity index (χ0n) is 11.9. The average molecular weight is 275 g/mol. The number of carbonyl (C=O) groups is 2. The van der Waals surface area contributed by atoms with E-state index in [0.29, 0.717) is 17.8 Å². The SMILES string of the molecule is CC(CN)N(C)C(=O)c1cccc(NC(=O)C2CC2)c1. The predicted molar refractivity (Wildman–Crippen MR) is 78.4 cm³/mol. The molecule has 1 atom stereocenters. The van der Waals surface area contributed by atoms with Gasteiger partial charge in [-0.3, -0.25) is 9.59 Å². The molecular weight excluding hydrogens is 254 g/mol. The van der Waals surface area contributed by atoms with Crippen molar-refractivity contribution in [3.8, 4) is 0 Å². The van der Waals surface area contributed by atoms with Crippen LogP contribution in [0.15, 0.2) is 24.3 Å². The predicted octanol–water partition coefficient (Wildman–Crippen LogP) is 1.45. The lowest BCUT2D eigenvalue weighted by Gasteiger charge is -2.23. The molecule has 0 heterocycles. The molecule has 0 aliphatic heterocycles. The number of hydrogen-bond acceptors (Lipinski definition) is 3. The Hall–Kier alpha value is -1.88. The van der Waals surface area contributed by atoms with Gasteiger partial charge in [0, 0.05) is 36.8 Å². The average Bonchev–Trinajstić information content (AvgIpc) is 3.29. The first kappa shape index (κ1) is 14.5. The standard InChI is InChI=1S/C15H21N3O2/c1-10(9-16)18(2)15(20)12-4-3-5-13(8-12)17-14(19)11-6-7-11/h3-5,8,10-11H,6-7,9,16H2,1-2H3,(H,17,19). The molecule has 1 aromatic rings. The maximum absolute atomic E-state index is 12.3. The van der Waals surface area contributed by atoms with Gasteiger partial charge in [-0.25, -0.2) is 0 Å². The van der Waals surface area contributed by atoms with E-state index in [9.17, 15) is 9.59 Å². The summed E-state index contributed by atoms with van der Waals surface area (Å²) >= 11 is 0. The van der Waals surface area contributed by atoms with Crippen molar-refractivity contribution >= 4 is 17.5 Å². The summed E-state index contributed by atoms with van der Waals surface area (Å²) in [5.74, 6) is 0.0954. The van der Waals surface area contributed by atoms with Crippen LogP contribution in [-0.4, -0.2) is 36.3 Å². The Morgan fingerprint density at radius 2 is 2.15 bits per heavy atom. The molecule has 1 aromatic carbocycles. The van der Waals surface area contributed by atoms with Gasteiger partial charge >= 0.3 is 0 Å². The van der Waals surface area contributed by atoms with E-state index >= 15 is 0 Å². The minimum atomic E-state index is -0.0922. The van der Waals surface area contributed by atoms with E-state index in [2.05, 4.69) is 5.32 Å².